The number of guanidine groups is 1. The number of Topliss-reactive ketones (excluding diaryl/α,β-unsaturated/α-hetero) is 1. The van der Waals surface area contributed by atoms with Crippen LogP contribution in [0.4, 0.5) is 5.69 Å². The number of carbonyl (C=O) groups is 2. The molecule has 6 N–H and O–H groups in total. The van der Waals surface area contributed by atoms with E-state index in [1.54, 1.807) is 29.6 Å². The second-order valence-electron chi connectivity index (χ2n) is 8.11. The first kappa shape index (κ1) is 28.8. The van der Waals surface area contributed by atoms with Crippen molar-refractivity contribution in [3.8, 4) is 0 Å². The van der Waals surface area contributed by atoms with Gasteiger partial charge in [-0.3, -0.25) is 24.1 Å². The fourth-order valence-electron chi connectivity index (χ4n) is 3.40. The maximum atomic E-state index is 12.9. The van der Waals surface area contributed by atoms with Gasteiger partial charge in [0.25, 0.3) is 5.56 Å². The molecule has 0 fully saturated rings. The van der Waals surface area contributed by atoms with Crippen LogP contribution in [0.1, 0.15) is 28.2 Å². The SMILES string of the molecule is NC(N)=NCCCC(NC(=O)Cn1cccc(NS(=O)(=O)Cc2ccc(Cl)cc2)c1=O)C(=O)c1nccs1. The number of anilines is 1. The molecule has 1 amide bonds. The van der Waals surface area contributed by atoms with Crippen molar-refractivity contribution in [2.75, 3.05) is 11.3 Å². The Labute approximate surface area is 227 Å². The lowest BCUT2D eigenvalue weighted by molar-refractivity contribution is -0.122. The number of amides is 1. The number of nitrogens with two attached hydrogens (primary N) is 2. The Kier molecular flexibility index (Phi) is 9.98. The lowest BCUT2D eigenvalue weighted by atomic mass is 10.1. The minimum atomic E-state index is -3.93. The molecule has 3 aromatic rings. The molecule has 3 rings (SSSR count). The standard InChI is InChI=1S/C23H26ClN7O5S2/c24-16-7-5-15(6-8-16)14-38(35,36)30-18-4-2-11-31(22(18)34)13-19(32)29-17(3-1-9-28-23(25)26)20(33)21-27-10-12-37-21/h2,4-8,10-12,17,30H,1,3,9,13-14H2,(H,29,32)(H4,25,26,28). The van der Waals surface area contributed by atoms with Gasteiger partial charge in [0.2, 0.25) is 21.7 Å². The Morgan fingerprint density at radius 2 is 1.92 bits per heavy atom. The average molecular weight is 580 g/mol. The molecule has 1 unspecified atom stereocenters. The molecule has 2 heterocycles. The number of aliphatic imine (C=N–C) groups is 1. The largest absolute Gasteiger partial charge is 0.370 e. The second-order valence-corrected chi connectivity index (χ2v) is 11.2. The van der Waals surface area contributed by atoms with Gasteiger partial charge >= 0.3 is 0 Å². The molecular weight excluding hydrogens is 554 g/mol. The quantitative estimate of drug-likeness (QED) is 0.101. The van der Waals surface area contributed by atoms with Crippen molar-refractivity contribution < 1.29 is 18.0 Å². The Balaban J connectivity index is 1.69. The molecule has 12 nitrogen and oxygen atoms in total. The highest BCUT2D eigenvalue weighted by Gasteiger charge is 2.24. The highest BCUT2D eigenvalue weighted by molar-refractivity contribution is 7.91. The van der Waals surface area contributed by atoms with E-state index in [4.69, 9.17) is 23.1 Å². The summed E-state index contributed by atoms with van der Waals surface area (Å²) in [5, 5.41) is 4.97. The zero-order valence-corrected chi connectivity index (χ0v) is 22.4. The molecule has 202 valence electrons. The lowest BCUT2D eigenvalue weighted by Crippen LogP contribution is -2.43. The van der Waals surface area contributed by atoms with E-state index in [0.717, 1.165) is 15.9 Å². The average Bonchev–Trinajstić information content (AvgIpc) is 3.39. The molecule has 0 aliphatic rings. The van der Waals surface area contributed by atoms with Crippen LogP contribution >= 0.6 is 22.9 Å². The zero-order valence-electron chi connectivity index (χ0n) is 20.0. The zero-order chi connectivity index (χ0) is 27.7. The fourth-order valence-corrected chi connectivity index (χ4v) is 5.35. The van der Waals surface area contributed by atoms with Crippen LogP contribution in [0, 0.1) is 0 Å². The summed E-state index contributed by atoms with van der Waals surface area (Å²) in [6.07, 6.45) is 3.47. The second kappa shape index (κ2) is 13.2. The molecule has 0 spiro atoms. The number of halogens is 1. The number of hydrogen-bond donors (Lipinski definition) is 4. The van der Waals surface area contributed by atoms with Gasteiger partial charge in [-0.25, -0.2) is 13.4 Å². The van der Waals surface area contributed by atoms with Gasteiger partial charge in [-0.05, 0) is 42.7 Å². The molecule has 0 aliphatic carbocycles. The number of rotatable bonds is 13. The van der Waals surface area contributed by atoms with Gasteiger partial charge in [0, 0.05) is 29.3 Å². The van der Waals surface area contributed by atoms with Gasteiger partial charge in [-0.2, -0.15) is 0 Å². The van der Waals surface area contributed by atoms with E-state index >= 15 is 0 Å². The van der Waals surface area contributed by atoms with E-state index in [9.17, 15) is 22.8 Å². The van der Waals surface area contributed by atoms with Gasteiger partial charge in [0.15, 0.2) is 11.0 Å². The maximum Gasteiger partial charge on any atom is 0.275 e. The van der Waals surface area contributed by atoms with Gasteiger partial charge in [-0.1, -0.05) is 23.7 Å². The van der Waals surface area contributed by atoms with Crippen LogP contribution in [0.3, 0.4) is 0 Å². The van der Waals surface area contributed by atoms with Crippen LogP contribution in [0.25, 0.3) is 0 Å². The lowest BCUT2D eigenvalue weighted by Gasteiger charge is -2.17. The molecule has 2 aromatic heterocycles. The predicted molar refractivity (Wildman–Crippen MR) is 147 cm³/mol. The molecule has 0 bridgehead atoms. The number of ketones is 1. The number of carbonyl (C=O) groups excluding carboxylic acids is 2. The first-order valence-electron chi connectivity index (χ1n) is 11.3. The van der Waals surface area contributed by atoms with E-state index in [1.165, 1.54) is 24.5 Å². The van der Waals surface area contributed by atoms with E-state index in [1.807, 2.05) is 0 Å². The molecular formula is C23H26ClN7O5S2. The molecule has 1 atom stereocenters. The summed E-state index contributed by atoms with van der Waals surface area (Å²) in [4.78, 5) is 46.4. The van der Waals surface area contributed by atoms with Gasteiger partial charge in [0.1, 0.15) is 12.2 Å². The molecule has 1 aromatic carbocycles. The topological polar surface area (TPSA) is 192 Å². The number of hydrogen-bond acceptors (Lipinski definition) is 8. The van der Waals surface area contributed by atoms with Crippen LogP contribution in [-0.4, -0.2) is 48.2 Å². The van der Waals surface area contributed by atoms with Gasteiger partial charge in [-0.15, -0.1) is 11.3 Å². The summed E-state index contributed by atoms with van der Waals surface area (Å²) >= 11 is 6.97. The maximum absolute atomic E-state index is 12.9. The first-order chi connectivity index (χ1) is 18.0. The number of nitrogens with one attached hydrogen (secondary N) is 2. The van der Waals surface area contributed by atoms with Crippen molar-refractivity contribution in [1.29, 1.82) is 0 Å². The summed E-state index contributed by atoms with van der Waals surface area (Å²) in [6, 6.07) is 8.07. The van der Waals surface area contributed by atoms with Crippen LogP contribution in [-0.2, 0) is 27.1 Å². The van der Waals surface area contributed by atoms with Gasteiger partial charge in [0.05, 0.1) is 11.8 Å². The monoisotopic (exact) mass is 579 g/mol. The summed E-state index contributed by atoms with van der Waals surface area (Å²) < 4.78 is 28.5. The number of benzene rings is 1. The Hall–Kier alpha value is -3.75. The van der Waals surface area contributed by atoms with Crippen molar-refractivity contribution >= 4 is 56.3 Å². The number of sulfonamides is 1. The number of nitrogens with zero attached hydrogens (tertiary/aromatic N) is 3. The van der Waals surface area contributed by atoms with E-state index < -0.39 is 34.1 Å². The normalized spacial score (nSPS) is 11.9. The summed E-state index contributed by atoms with van der Waals surface area (Å²) in [7, 11) is -3.93. The Morgan fingerprint density at radius 3 is 2.58 bits per heavy atom. The molecule has 0 saturated carbocycles. The van der Waals surface area contributed by atoms with E-state index in [2.05, 4.69) is 20.0 Å². The van der Waals surface area contributed by atoms with Crippen molar-refractivity contribution in [2.24, 2.45) is 16.5 Å². The molecule has 38 heavy (non-hydrogen) atoms. The molecule has 15 heteroatoms. The van der Waals surface area contributed by atoms with Crippen LogP contribution < -0.4 is 27.1 Å². The van der Waals surface area contributed by atoms with E-state index in [-0.39, 0.29) is 41.2 Å². The third-order valence-corrected chi connectivity index (χ3v) is 7.39. The molecule has 0 saturated heterocycles. The summed E-state index contributed by atoms with van der Waals surface area (Å²) in [5.74, 6) is -1.46. The number of pyridine rings is 1. The van der Waals surface area contributed by atoms with Crippen molar-refractivity contribution in [3.63, 3.8) is 0 Å². The Bertz CT molecular complexity index is 1450. The van der Waals surface area contributed by atoms with Crippen LogP contribution in [0.15, 0.2) is 64.0 Å². The summed E-state index contributed by atoms with van der Waals surface area (Å²) in [6.45, 7) is -0.182. The van der Waals surface area contributed by atoms with Crippen LogP contribution in [0.2, 0.25) is 5.02 Å². The predicted octanol–water partition coefficient (Wildman–Crippen LogP) is 1.32. The van der Waals surface area contributed by atoms with Crippen molar-refractivity contribution in [3.05, 3.63) is 80.1 Å². The molecule has 0 radical (unpaired) electrons. The third-order valence-electron chi connectivity index (χ3n) is 5.11. The minimum absolute atomic E-state index is 0.0834. The fraction of sp³-hybridized carbons (Fsp3) is 0.261. The number of aromatic nitrogens is 2. The van der Waals surface area contributed by atoms with Crippen LogP contribution in [0.5, 0.6) is 0 Å². The highest BCUT2D eigenvalue weighted by Crippen LogP contribution is 2.14. The number of thiazole rings is 1. The van der Waals surface area contributed by atoms with Crippen molar-refractivity contribution in [1.82, 2.24) is 14.9 Å². The smallest absolute Gasteiger partial charge is 0.275 e. The van der Waals surface area contributed by atoms with Gasteiger partial charge < -0.3 is 21.4 Å². The highest BCUT2D eigenvalue weighted by atomic mass is 35.5. The minimum Gasteiger partial charge on any atom is -0.370 e. The Morgan fingerprint density at radius 1 is 1.18 bits per heavy atom. The first-order valence-corrected chi connectivity index (χ1v) is 14.2. The summed E-state index contributed by atoms with van der Waals surface area (Å²) in [5.41, 5.74) is 10.2. The molecule has 0 aliphatic heterocycles. The van der Waals surface area contributed by atoms with Crippen molar-refractivity contribution in [2.45, 2.75) is 31.2 Å². The third kappa shape index (κ3) is 8.68. The van der Waals surface area contributed by atoms with E-state index in [0.29, 0.717) is 17.0 Å².